The van der Waals surface area contributed by atoms with Crippen LogP contribution < -0.4 is 10.5 Å². The van der Waals surface area contributed by atoms with E-state index in [0.29, 0.717) is 11.7 Å². The smallest absolute Gasteiger partial charge is 0.258 e. The Balaban J connectivity index is 2.38. The van der Waals surface area contributed by atoms with Gasteiger partial charge >= 0.3 is 0 Å². The van der Waals surface area contributed by atoms with Gasteiger partial charge in [-0.15, -0.1) is 0 Å². The van der Waals surface area contributed by atoms with Gasteiger partial charge in [0.25, 0.3) is 5.89 Å². The SMILES string of the molecule is CCC(C)(N)c1noc(-c2ccc(C)c(OC)c2)n1. The third-order valence-electron chi connectivity index (χ3n) is 3.33. The van der Waals surface area contributed by atoms with E-state index >= 15 is 0 Å². The first-order chi connectivity index (χ1) is 8.97. The minimum absolute atomic E-state index is 0.457. The molecule has 0 radical (unpaired) electrons. The van der Waals surface area contributed by atoms with Gasteiger partial charge in [-0.3, -0.25) is 0 Å². The van der Waals surface area contributed by atoms with E-state index in [1.165, 1.54) is 0 Å². The van der Waals surface area contributed by atoms with Crippen LogP contribution in [0.3, 0.4) is 0 Å². The molecule has 0 fully saturated rings. The lowest BCUT2D eigenvalue weighted by atomic mass is 10.00. The van der Waals surface area contributed by atoms with Gasteiger partial charge in [-0.25, -0.2) is 0 Å². The molecule has 19 heavy (non-hydrogen) atoms. The van der Waals surface area contributed by atoms with Gasteiger partial charge in [-0.1, -0.05) is 18.1 Å². The summed E-state index contributed by atoms with van der Waals surface area (Å²) in [7, 11) is 1.64. The summed E-state index contributed by atoms with van der Waals surface area (Å²) in [5, 5.41) is 3.96. The molecule has 0 amide bonds. The third-order valence-corrected chi connectivity index (χ3v) is 3.33. The first kappa shape index (κ1) is 13.5. The maximum Gasteiger partial charge on any atom is 0.258 e. The van der Waals surface area contributed by atoms with Gasteiger partial charge in [0, 0.05) is 5.56 Å². The molecule has 0 bridgehead atoms. The summed E-state index contributed by atoms with van der Waals surface area (Å²) in [6.45, 7) is 5.86. The highest BCUT2D eigenvalue weighted by Gasteiger charge is 2.25. The van der Waals surface area contributed by atoms with E-state index in [-0.39, 0.29) is 0 Å². The fourth-order valence-corrected chi connectivity index (χ4v) is 1.68. The monoisotopic (exact) mass is 261 g/mol. The van der Waals surface area contributed by atoms with Crippen LogP contribution in [0.5, 0.6) is 5.75 Å². The number of hydrogen-bond acceptors (Lipinski definition) is 5. The molecular formula is C14H19N3O2. The zero-order valence-electron chi connectivity index (χ0n) is 11.7. The van der Waals surface area contributed by atoms with Gasteiger partial charge in [0.1, 0.15) is 5.75 Å². The van der Waals surface area contributed by atoms with Crippen LogP contribution in [-0.2, 0) is 5.54 Å². The Kier molecular flexibility index (Phi) is 3.57. The topological polar surface area (TPSA) is 74.2 Å². The van der Waals surface area contributed by atoms with E-state index in [9.17, 15) is 0 Å². The predicted octanol–water partition coefficient (Wildman–Crippen LogP) is 2.64. The number of benzene rings is 1. The molecule has 0 aliphatic heterocycles. The standard InChI is InChI=1S/C14H19N3O2/c1-5-14(3,15)13-16-12(19-17-13)10-7-6-9(2)11(8-10)18-4/h6-8H,5,15H2,1-4H3. The van der Waals surface area contributed by atoms with Crippen molar-refractivity contribution in [2.75, 3.05) is 7.11 Å². The number of nitrogens with zero attached hydrogens (tertiary/aromatic N) is 2. The van der Waals surface area contributed by atoms with Crippen LogP contribution in [0.25, 0.3) is 11.5 Å². The molecule has 2 rings (SSSR count). The average Bonchev–Trinajstić information content (AvgIpc) is 2.89. The van der Waals surface area contributed by atoms with E-state index in [4.69, 9.17) is 15.0 Å². The molecule has 5 nitrogen and oxygen atoms in total. The minimum atomic E-state index is -0.573. The number of nitrogens with two attached hydrogens (primary N) is 1. The molecule has 0 saturated carbocycles. The molecular weight excluding hydrogens is 242 g/mol. The van der Waals surface area contributed by atoms with Crippen molar-refractivity contribution in [3.63, 3.8) is 0 Å². The van der Waals surface area contributed by atoms with Gasteiger partial charge in [0.2, 0.25) is 0 Å². The fourth-order valence-electron chi connectivity index (χ4n) is 1.68. The summed E-state index contributed by atoms with van der Waals surface area (Å²) in [4.78, 5) is 4.37. The van der Waals surface area contributed by atoms with Crippen molar-refractivity contribution in [2.24, 2.45) is 5.73 Å². The molecule has 1 atom stereocenters. The zero-order chi connectivity index (χ0) is 14.0. The largest absolute Gasteiger partial charge is 0.496 e. The van der Waals surface area contributed by atoms with Gasteiger partial charge in [0.05, 0.1) is 12.6 Å². The second kappa shape index (κ2) is 5.01. The van der Waals surface area contributed by atoms with Gasteiger partial charge in [-0.05, 0) is 38.0 Å². The van der Waals surface area contributed by atoms with Crippen molar-refractivity contribution in [1.82, 2.24) is 10.1 Å². The molecule has 0 spiro atoms. The van der Waals surface area contributed by atoms with Crippen molar-refractivity contribution in [3.8, 4) is 17.2 Å². The second-order valence-electron chi connectivity index (χ2n) is 4.88. The molecule has 1 aromatic carbocycles. The Bertz CT molecular complexity index is 576. The zero-order valence-corrected chi connectivity index (χ0v) is 11.7. The Morgan fingerprint density at radius 3 is 2.79 bits per heavy atom. The molecule has 0 aliphatic carbocycles. The summed E-state index contributed by atoms with van der Waals surface area (Å²) >= 11 is 0. The Morgan fingerprint density at radius 2 is 2.16 bits per heavy atom. The Morgan fingerprint density at radius 1 is 1.42 bits per heavy atom. The van der Waals surface area contributed by atoms with E-state index in [2.05, 4.69) is 10.1 Å². The number of hydrogen-bond donors (Lipinski definition) is 1. The summed E-state index contributed by atoms with van der Waals surface area (Å²) in [5.41, 5.74) is 7.41. The number of methoxy groups -OCH3 is 1. The molecule has 1 unspecified atom stereocenters. The van der Waals surface area contributed by atoms with Crippen molar-refractivity contribution in [1.29, 1.82) is 0 Å². The highest BCUT2D eigenvalue weighted by atomic mass is 16.5. The number of aryl methyl sites for hydroxylation is 1. The Hall–Kier alpha value is -1.88. The Labute approximate surface area is 112 Å². The van der Waals surface area contributed by atoms with Crippen LogP contribution in [0.2, 0.25) is 0 Å². The lowest BCUT2D eigenvalue weighted by Gasteiger charge is -2.16. The lowest BCUT2D eigenvalue weighted by molar-refractivity contribution is 0.378. The summed E-state index contributed by atoms with van der Waals surface area (Å²) in [6.07, 6.45) is 0.739. The van der Waals surface area contributed by atoms with Crippen LogP contribution in [0.15, 0.2) is 22.7 Å². The first-order valence-corrected chi connectivity index (χ1v) is 6.26. The van der Waals surface area contributed by atoms with E-state index in [1.54, 1.807) is 7.11 Å². The summed E-state index contributed by atoms with van der Waals surface area (Å²) in [5.74, 6) is 1.77. The molecule has 0 aliphatic rings. The van der Waals surface area contributed by atoms with Crippen molar-refractivity contribution in [3.05, 3.63) is 29.6 Å². The van der Waals surface area contributed by atoms with Crippen molar-refractivity contribution in [2.45, 2.75) is 32.7 Å². The molecule has 102 valence electrons. The van der Waals surface area contributed by atoms with Crippen LogP contribution in [0, 0.1) is 6.92 Å². The van der Waals surface area contributed by atoms with Crippen LogP contribution in [-0.4, -0.2) is 17.3 Å². The van der Waals surface area contributed by atoms with Gasteiger partial charge in [0.15, 0.2) is 5.82 Å². The maximum atomic E-state index is 6.10. The van der Waals surface area contributed by atoms with Crippen molar-refractivity contribution < 1.29 is 9.26 Å². The highest BCUT2D eigenvalue weighted by molar-refractivity contribution is 5.57. The normalized spacial score (nSPS) is 14.2. The van der Waals surface area contributed by atoms with Gasteiger partial charge in [-0.2, -0.15) is 4.98 Å². The number of aromatic nitrogens is 2. The van der Waals surface area contributed by atoms with Gasteiger partial charge < -0.3 is 15.0 Å². The lowest BCUT2D eigenvalue weighted by Crippen LogP contribution is -2.33. The molecule has 1 heterocycles. The second-order valence-corrected chi connectivity index (χ2v) is 4.88. The third kappa shape index (κ3) is 2.61. The predicted molar refractivity (Wildman–Crippen MR) is 72.9 cm³/mol. The number of ether oxygens (including phenoxy) is 1. The quantitative estimate of drug-likeness (QED) is 0.915. The molecule has 2 aromatic rings. The molecule has 1 aromatic heterocycles. The number of rotatable bonds is 4. The summed E-state index contributed by atoms with van der Waals surface area (Å²) in [6, 6.07) is 5.76. The first-order valence-electron chi connectivity index (χ1n) is 6.26. The average molecular weight is 261 g/mol. The van der Waals surface area contributed by atoms with E-state index in [0.717, 1.165) is 23.3 Å². The minimum Gasteiger partial charge on any atom is -0.496 e. The molecule has 0 saturated heterocycles. The maximum absolute atomic E-state index is 6.10. The van der Waals surface area contributed by atoms with Crippen LogP contribution in [0.1, 0.15) is 31.7 Å². The van der Waals surface area contributed by atoms with E-state index in [1.807, 2.05) is 39.0 Å². The van der Waals surface area contributed by atoms with Crippen LogP contribution >= 0.6 is 0 Å². The molecule has 5 heteroatoms. The molecule has 2 N–H and O–H groups in total. The van der Waals surface area contributed by atoms with Crippen LogP contribution in [0.4, 0.5) is 0 Å². The summed E-state index contributed by atoms with van der Waals surface area (Å²) < 4.78 is 10.6. The van der Waals surface area contributed by atoms with Crippen molar-refractivity contribution >= 4 is 0 Å². The fraction of sp³-hybridized carbons (Fsp3) is 0.429. The highest BCUT2D eigenvalue weighted by Crippen LogP contribution is 2.27. The van der Waals surface area contributed by atoms with E-state index < -0.39 is 5.54 Å².